The van der Waals surface area contributed by atoms with E-state index in [0.717, 1.165) is 5.56 Å². The number of nitrogen functional groups attached to an aromatic ring is 1. The second kappa shape index (κ2) is 7.93. The highest BCUT2D eigenvalue weighted by molar-refractivity contribution is 9.11. The fourth-order valence-corrected chi connectivity index (χ4v) is 6.31. The summed E-state index contributed by atoms with van der Waals surface area (Å²) in [6.07, 6.45) is -3.92. The average molecular weight is 555 g/mol. The lowest BCUT2D eigenvalue weighted by molar-refractivity contribution is -0.150. The molecule has 29 heavy (non-hydrogen) atoms. The van der Waals surface area contributed by atoms with E-state index in [1.165, 1.54) is 18.3 Å². The standard InChI is InChI=1S/C18H16Br2F3N3O2S/c1-9-2-3-15-12(4-9)10(8-25-15)5-16(18(21,22)23)26-29(27,28)17-13(20)6-11(19)7-14(17)24/h2-4,6-8,16,25-26H,5,24H2,1H3. The number of rotatable bonds is 5. The van der Waals surface area contributed by atoms with Gasteiger partial charge in [-0.25, -0.2) is 8.42 Å². The Morgan fingerprint density at radius 2 is 1.90 bits per heavy atom. The van der Waals surface area contributed by atoms with Crippen molar-refractivity contribution in [1.29, 1.82) is 0 Å². The zero-order valence-electron chi connectivity index (χ0n) is 14.9. The number of sulfonamides is 1. The third-order valence-corrected chi connectivity index (χ3v) is 7.28. The molecule has 0 saturated carbocycles. The van der Waals surface area contributed by atoms with Crippen molar-refractivity contribution < 1.29 is 21.6 Å². The van der Waals surface area contributed by atoms with Crippen molar-refractivity contribution in [3.05, 3.63) is 56.6 Å². The van der Waals surface area contributed by atoms with Crippen LogP contribution in [0.5, 0.6) is 0 Å². The summed E-state index contributed by atoms with van der Waals surface area (Å²) in [5.74, 6) is 0. The van der Waals surface area contributed by atoms with Gasteiger partial charge in [-0.05, 0) is 59.1 Å². The third kappa shape index (κ3) is 4.79. The average Bonchev–Trinajstić information content (AvgIpc) is 2.94. The van der Waals surface area contributed by atoms with Gasteiger partial charge in [-0.1, -0.05) is 27.6 Å². The Balaban J connectivity index is 1.99. The summed E-state index contributed by atoms with van der Waals surface area (Å²) in [5.41, 5.74) is 7.49. The zero-order valence-corrected chi connectivity index (χ0v) is 18.9. The molecule has 0 bridgehead atoms. The molecule has 0 aliphatic carbocycles. The van der Waals surface area contributed by atoms with Gasteiger partial charge in [-0.2, -0.15) is 17.9 Å². The fraction of sp³-hybridized carbons (Fsp3) is 0.222. The van der Waals surface area contributed by atoms with Crippen LogP contribution in [-0.2, 0) is 16.4 Å². The van der Waals surface area contributed by atoms with Gasteiger partial charge in [-0.3, -0.25) is 0 Å². The van der Waals surface area contributed by atoms with Crippen molar-refractivity contribution in [3.8, 4) is 0 Å². The van der Waals surface area contributed by atoms with E-state index in [1.807, 2.05) is 13.0 Å². The number of halogens is 5. The van der Waals surface area contributed by atoms with Crippen molar-refractivity contribution in [2.45, 2.75) is 30.5 Å². The molecule has 5 nitrogen and oxygen atoms in total. The maximum Gasteiger partial charge on any atom is 0.405 e. The molecule has 0 fully saturated rings. The number of benzene rings is 2. The second-order valence-electron chi connectivity index (χ2n) is 6.59. The summed E-state index contributed by atoms with van der Waals surface area (Å²) in [4.78, 5) is 2.47. The number of hydrogen-bond acceptors (Lipinski definition) is 3. The molecule has 3 aromatic rings. The van der Waals surface area contributed by atoms with Crippen molar-refractivity contribution in [2.24, 2.45) is 0 Å². The number of aryl methyl sites for hydroxylation is 1. The Kier molecular flexibility index (Phi) is 6.06. The number of nitrogens with two attached hydrogens (primary N) is 1. The zero-order chi connectivity index (χ0) is 21.6. The van der Waals surface area contributed by atoms with Crippen molar-refractivity contribution in [2.75, 3.05) is 5.73 Å². The van der Waals surface area contributed by atoms with Crippen LogP contribution in [0.3, 0.4) is 0 Å². The van der Waals surface area contributed by atoms with Crippen LogP contribution < -0.4 is 10.5 Å². The monoisotopic (exact) mass is 553 g/mol. The lowest BCUT2D eigenvalue weighted by Gasteiger charge is -2.22. The smallest absolute Gasteiger partial charge is 0.398 e. The van der Waals surface area contributed by atoms with E-state index >= 15 is 0 Å². The SMILES string of the molecule is Cc1ccc2[nH]cc(CC(NS(=O)(=O)c3c(N)cc(Br)cc3Br)C(F)(F)F)c2c1. The van der Waals surface area contributed by atoms with E-state index in [9.17, 15) is 21.6 Å². The lowest BCUT2D eigenvalue weighted by atomic mass is 10.0. The van der Waals surface area contributed by atoms with Crippen LogP contribution in [0.4, 0.5) is 18.9 Å². The van der Waals surface area contributed by atoms with Gasteiger partial charge in [0.05, 0.1) is 5.69 Å². The first kappa shape index (κ1) is 22.1. The molecule has 1 heterocycles. The van der Waals surface area contributed by atoms with Crippen LogP contribution in [0.15, 0.2) is 50.4 Å². The Hall–Kier alpha value is -1.56. The molecular weight excluding hydrogens is 539 g/mol. The van der Waals surface area contributed by atoms with Crippen molar-refractivity contribution >= 4 is 58.5 Å². The summed E-state index contributed by atoms with van der Waals surface area (Å²) < 4.78 is 69.0. The molecule has 11 heteroatoms. The van der Waals surface area contributed by atoms with Gasteiger partial charge < -0.3 is 10.7 Å². The lowest BCUT2D eigenvalue weighted by Crippen LogP contribution is -2.46. The van der Waals surface area contributed by atoms with Gasteiger partial charge >= 0.3 is 6.18 Å². The molecule has 2 aromatic carbocycles. The highest BCUT2D eigenvalue weighted by atomic mass is 79.9. The van der Waals surface area contributed by atoms with Crippen molar-refractivity contribution in [3.63, 3.8) is 0 Å². The predicted molar refractivity (Wildman–Crippen MR) is 113 cm³/mol. The summed E-state index contributed by atoms with van der Waals surface area (Å²) in [6.45, 7) is 1.83. The highest BCUT2D eigenvalue weighted by Crippen LogP contribution is 2.34. The van der Waals surface area contributed by atoms with Gasteiger partial charge in [0.2, 0.25) is 10.0 Å². The van der Waals surface area contributed by atoms with E-state index in [1.54, 1.807) is 16.9 Å². The molecular formula is C18H16Br2F3N3O2S. The Bertz CT molecular complexity index is 1150. The maximum atomic E-state index is 13.7. The number of nitrogens with one attached hydrogen (secondary N) is 2. The predicted octanol–water partition coefficient (Wildman–Crippen LogP) is 5.04. The maximum absolute atomic E-state index is 13.7. The van der Waals surface area contributed by atoms with Crippen LogP contribution in [-0.4, -0.2) is 25.6 Å². The largest absolute Gasteiger partial charge is 0.405 e. The first-order valence-corrected chi connectivity index (χ1v) is 11.4. The third-order valence-electron chi connectivity index (χ3n) is 4.35. The summed E-state index contributed by atoms with van der Waals surface area (Å²) in [6, 6.07) is 5.73. The normalized spacial score (nSPS) is 13.7. The first-order chi connectivity index (χ1) is 13.4. The Morgan fingerprint density at radius 3 is 2.52 bits per heavy atom. The van der Waals surface area contributed by atoms with Crippen LogP contribution >= 0.6 is 31.9 Å². The van der Waals surface area contributed by atoms with Gasteiger partial charge in [-0.15, -0.1) is 0 Å². The quantitative estimate of drug-likeness (QED) is 0.386. The molecule has 3 rings (SSSR count). The Morgan fingerprint density at radius 1 is 1.21 bits per heavy atom. The minimum Gasteiger partial charge on any atom is -0.398 e. The summed E-state index contributed by atoms with van der Waals surface area (Å²) in [7, 11) is -4.56. The topological polar surface area (TPSA) is 88.0 Å². The van der Waals surface area contributed by atoms with Gasteiger partial charge in [0.1, 0.15) is 10.9 Å². The second-order valence-corrected chi connectivity index (χ2v) is 10.0. The molecule has 0 aliphatic rings. The summed E-state index contributed by atoms with van der Waals surface area (Å²) in [5, 5.41) is 0.614. The molecule has 4 N–H and O–H groups in total. The van der Waals surface area contributed by atoms with Crippen LogP contribution in [0, 0.1) is 6.92 Å². The summed E-state index contributed by atoms with van der Waals surface area (Å²) >= 11 is 6.22. The van der Waals surface area contributed by atoms with E-state index < -0.39 is 33.6 Å². The van der Waals surface area contributed by atoms with Gasteiger partial charge in [0, 0.05) is 26.0 Å². The number of anilines is 1. The van der Waals surface area contributed by atoms with Gasteiger partial charge in [0.15, 0.2) is 0 Å². The van der Waals surface area contributed by atoms with Crippen LogP contribution in [0.25, 0.3) is 10.9 Å². The van der Waals surface area contributed by atoms with E-state index in [4.69, 9.17) is 5.73 Å². The minimum absolute atomic E-state index is 0.0560. The van der Waals surface area contributed by atoms with Gasteiger partial charge in [0.25, 0.3) is 0 Å². The number of aromatic nitrogens is 1. The molecule has 0 radical (unpaired) electrons. The van der Waals surface area contributed by atoms with E-state index in [-0.39, 0.29) is 10.2 Å². The van der Waals surface area contributed by atoms with Crippen LogP contribution in [0.1, 0.15) is 11.1 Å². The number of H-pyrrole nitrogens is 1. The fourth-order valence-electron chi connectivity index (χ4n) is 3.02. The number of aromatic amines is 1. The highest BCUT2D eigenvalue weighted by Gasteiger charge is 2.43. The molecule has 0 saturated heterocycles. The molecule has 1 aromatic heterocycles. The number of alkyl halides is 3. The molecule has 1 atom stereocenters. The number of fused-ring (bicyclic) bond motifs is 1. The minimum atomic E-state index is -4.81. The Labute approximate surface area is 182 Å². The molecule has 0 aliphatic heterocycles. The van der Waals surface area contributed by atoms with Crippen LogP contribution in [0.2, 0.25) is 0 Å². The first-order valence-electron chi connectivity index (χ1n) is 8.28. The molecule has 0 spiro atoms. The molecule has 1 unspecified atom stereocenters. The molecule has 156 valence electrons. The number of hydrogen-bond donors (Lipinski definition) is 3. The van der Waals surface area contributed by atoms with Crippen molar-refractivity contribution in [1.82, 2.24) is 9.71 Å². The van der Waals surface area contributed by atoms with E-state index in [0.29, 0.717) is 20.9 Å². The molecule has 0 amide bonds. The van der Waals surface area contributed by atoms with E-state index in [2.05, 4.69) is 36.8 Å².